The van der Waals surface area contributed by atoms with Crippen LogP contribution in [0.5, 0.6) is 0 Å². The lowest BCUT2D eigenvalue weighted by Crippen LogP contribution is -2.47. The molecule has 0 saturated carbocycles. The summed E-state index contributed by atoms with van der Waals surface area (Å²) in [4.78, 5) is 24.4. The van der Waals surface area contributed by atoms with Crippen LogP contribution in [0.1, 0.15) is 29.3 Å². The van der Waals surface area contributed by atoms with E-state index in [0.717, 1.165) is 16.1 Å². The maximum absolute atomic E-state index is 12.9. The largest absolute Gasteiger partial charge is 0.465 e. The number of rotatable bonds is 7. The second-order valence-corrected chi connectivity index (χ2v) is 8.24. The monoisotopic (exact) mass is 404 g/mol. The van der Waals surface area contributed by atoms with Crippen LogP contribution in [0.2, 0.25) is 0 Å². The van der Waals surface area contributed by atoms with Crippen molar-refractivity contribution in [2.24, 2.45) is 0 Å². The van der Waals surface area contributed by atoms with E-state index in [0.29, 0.717) is 16.9 Å². The summed E-state index contributed by atoms with van der Waals surface area (Å²) in [7, 11) is -2.41. The van der Waals surface area contributed by atoms with Crippen molar-refractivity contribution >= 4 is 33.3 Å². The molecule has 1 N–H and O–H groups in total. The Hall–Kier alpha value is -2.87. The van der Waals surface area contributed by atoms with Crippen molar-refractivity contribution in [2.45, 2.75) is 26.3 Å². The number of esters is 1. The number of ether oxygens (including phenoxy) is 1. The standard InChI is InChI=1S/C20H24N2O5S/c1-5-18(22(28(4,25)26)17-8-6-7-14(2)13-17)19(23)21-16-11-9-15(10-12-16)20(24)27-3/h6-13,18H,5H2,1-4H3,(H,21,23). The number of sulfonamides is 1. The summed E-state index contributed by atoms with van der Waals surface area (Å²) in [5.74, 6) is -0.938. The first-order valence-electron chi connectivity index (χ1n) is 8.72. The van der Waals surface area contributed by atoms with Gasteiger partial charge in [-0.25, -0.2) is 13.2 Å². The third-order valence-corrected chi connectivity index (χ3v) is 5.34. The van der Waals surface area contributed by atoms with Crippen LogP contribution in [0.25, 0.3) is 0 Å². The fourth-order valence-corrected chi connectivity index (χ4v) is 4.06. The summed E-state index contributed by atoms with van der Waals surface area (Å²) in [6.45, 7) is 3.60. The molecule has 1 atom stereocenters. The van der Waals surface area contributed by atoms with Crippen molar-refractivity contribution in [1.29, 1.82) is 0 Å². The molecule has 0 radical (unpaired) electrons. The average molecular weight is 404 g/mol. The van der Waals surface area contributed by atoms with Crippen molar-refractivity contribution in [3.63, 3.8) is 0 Å². The minimum atomic E-state index is -3.69. The van der Waals surface area contributed by atoms with Gasteiger partial charge >= 0.3 is 5.97 Å². The minimum absolute atomic E-state index is 0.285. The first kappa shape index (κ1) is 21.4. The van der Waals surface area contributed by atoms with Crippen molar-refractivity contribution < 1.29 is 22.7 Å². The van der Waals surface area contributed by atoms with Gasteiger partial charge in [-0.1, -0.05) is 19.1 Å². The van der Waals surface area contributed by atoms with E-state index < -0.39 is 27.9 Å². The van der Waals surface area contributed by atoms with Crippen LogP contribution in [0.4, 0.5) is 11.4 Å². The third kappa shape index (κ3) is 5.10. The molecule has 0 spiro atoms. The molecule has 0 aromatic heterocycles. The fraction of sp³-hybridized carbons (Fsp3) is 0.300. The summed E-state index contributed by atoms with van der Waals surface area (Å²) in [6.07, 6.45) is 1.36. The highest BCUT2D eigenvalue weighted by atomic mass is 32.2. The molecule has 2 aromatic rings. The van der Waals surface area contributed by atoms with Crippen LogP contribution in [0.15, 0.2) is 48.5 Å². The SMILES string of the molecule is CCC(C(=O)Nc1ccc(C(=O)OC)cc1)N(c1cccc(C)c1)S(C)(=O)=O. The lowest BCUT2D eigenvalue weighted by atomic mass is 10.1. The Bertz CT molecular complexity index is 955. The van der Waals surface area contributed by atoms with E-state index >= 15 is 0 Å². The van der Waals surface area contributed by atoms with Gasteiger partial charge in [0.05, 0.1) is 24.6 Å². The van der Waals surface area contributed by atoms with E-state index in [4.69, 9.17) is 0 Å². The first-order valence-corrected chi connectivity index (χ1v) is 10.6. The molecular weight excluding hydrogens is 380 g/mol. The number of anilines is 2. The van der Waals surface area contributed by atoms with Crippen LogP contribution < -0.4 is 9.62 Å². The lowest BCUT2D eigenvalue weighted by Gasteiger charge is -2.30. The molecule has 0 bridgehead atoms. The molecule has 0 aliphatic rings. The summed E-state index contributed by atoms with van der Waals surface area (Å²) < 4.78 is 30.7. The Kier molecular flexibility index (Phi) is 6.80. The van der Waals surface area contributed by atoms with Gasteiger partial charge in [0, 0.05) is 5.69 Å². The topological polar surface area (TPSA) is 92.8 Å². The second kappa shape index (κ2) is 8.88. The Morgan fingerprint density at radius 1 is 1.14 bits per heavy atom. The maximum atomic E-state index is 12.9. The minimum Gasteiger partial charge on any atom is -0.465 e. The number of nitrogens with one attached hydrogen (secondary N) is 1. The normalized spacial score (nSPS) is 12.1. The van der Waals surface area contributed by atoms with E-state index in [2.05, 4.69) is 10.1 Å². The zero-order valence-electron chi connectivity index (χ0n) is 16.3. The number of nitrogens with zero attached hydrogens (tertiary/aromatic N) is 1. The third-order valence-electron chi connectivity index (χ3n) is 4.16. The molecule has 1 amide bonds. The second-order valence-electron chi connectivity index (χ2n) is 6.38. The molecular formula is C20H24N2O5S. The van der Waals surface area contributed by atoms with Gasteiger partial charge in [0.2, 0.25) is 15.9 Å². The molecule has 0 saturated heterocycles. The highest BCUT2D eigenvalue weighted by molar-refractivity contribution is 7.92. The van der Waals surface area contributed by atoms with Gasteiger partial charge < -0.3 is 10.1 Å². The fourth-order valence-electron chi connectivity index (χ4n) is 2.86. The summed E-state index contributed by atoms with van der Waals surface area (Å²) in [5.41, 5.74) is 2.13. The molecule has 8 heteroatoms. The van der Waals surface area contributed by atoms with E-state index in [1.807, 2.05) is 13.0 Å². The number of carbonyl (C=O) groups is 2. The van der Waals surface area contributed by atoms with Crippen molar-refractivity contribution in [3.8, 4) is 0 Å². The number of hydrogen-bond donors (Lipinski definition) is 1. The molecule has 0 aliphatic carbocycles. The van der Waals surface area contributed by atoms with Gasteiger partial charge in [0.25, 0.3) is 0 Å². The van der Waals surface area contributed by atoms with Crippen LogP contribution >= 0.6 is 0 Å². The molecule has 1 unspecified atom stereocenters. The molecule has 0 aliphatic heterocycles. The number of benzene rings is 2. The zero-order chi connectivity index (χ0) is 20.9. The first-order chi connectivity index (χ1) is 13.2. The maximum Gasteiger partial charge on any atom is 0.337 e. The Morgan fingerprint density at radius 3 is 2.29 bits per heavy atom. The predicted molar refractivity (Wildman–Crippen MR) is 109 cm³/mol. The van der Waals surface area contributed by atoms with Crippen LogP contribution in [0.3, 0.4) is 0 Å². The predicted octanol–water partition coefficient (Wildman–Crippen LogP) is 2.96. The van der Waals surface area contributed by atoms with Gasteiger partial charge in [-0.15, -0.1) is 0 Å². The molecule has 2 aromatic carbocycles. The van der Waals surface area contributed by atoms with Crippen molar-refractivity contribution in [2.75, 3.05) is 23.0 Å². The zero-order valence-corrected chi connectivity index (χ0v) is 17.1. The summed E-state index contributed by atoms with van der Waals surface area (Å²) >= 11 is 0. The number of amides is 1. The lowest BCUT2D eigenvalue weighted by molar-refractivity contribution is -0.117. The quantitative estimate of drug-likeness (QED) is 0.716. The summed E-state index contributed by atoms with van der Waals surface area (Å²) in [6, 6.07) is 12.2. The molecule has 150 valence electrons. The molecule has 0 fully saturated rings. The number of hydrogen-bond acceptors (Lipinski definition) is 5. The average Bonchev–Trinajstić information content (AvgIpc) is 2.64. The van der Waals surface area contributed by atoms with Gasteiger partial charge in [0.1, 0.15) is 6.04 Å². The van der Waals surface area contributed by atoms with E-state index in [9.17, 15) is 18.0 Å². The smallest absolute Gasteiger partial charge is 0.337 e. The van der Waals surface area contributed by atoms with Crippen molar-refractivity contribution in [1.82, 2.24) is 0 Å². The van der Waals surface area contributed by atoms with Gasteiger partial charge in [0.15, 0.2) is 0 Å². The van der Waals surface area contributed by atoms with E-state index in [-0.39, 0.29) is 6.42 Å². The number of carbonyl (C=O) groups excluding carboxylic acids is 2. The summed E-state index contributed by atoms with van der Waals surface area (Å²) in [5, 5.41) is 2.72. The van der Waals surface area contributed by atoms with Crippen molar-refractivity contribution in [3.05, 3.63) is 59.7 Å². The highest BCUT2D eigenvalue weighted by Crippen LogP contribution is 2.24. The van der Waals surface area contributed by atoms with E-state index in [1.54, 1.807) is 37.3 Å². The van der Waals surface area contributed by atoms with Gasteiger partial charge in [-0.2, -0.15) is 0 Å². The van der Waals surface area contributed by atoms with Crippen LogP contribution in [0, 0.1) is 6.92 Å². The molecule has 28 heavy (non-hydrogen) atoms. The van der Waals surface area contributed by atoms with E-state index in [1.165, 1.54) is 19.2 Å². The number of methoxy groups -OCH3 is 1. The Morgan fingerprint density at radius 2 is 1.79 bits per heavy atom. The Labute approximate surface area is 165 Å². The van der Waals surface area contributed by atoms with Crippen LogP contribution in [-0.2, 0) is 19.6 Å². The molecule has 0 heterocycles. The Balaban J connectivity index is 2.30. The molecule has 7 nitrogen and oxygen atoms in total. The number of aryl methyl sites for hydroxylation is 1. The molecule has 2 rings (SSSR count). The van der Waals surface area contributed by atoms with Gasteiger partial charge in [-0.05, 0) is 55.3 Å². The highest BCUT2D eigenvalue weighted by Gasteiger charge is 2.31. The van der Waals surface area contributed by atoms with Crippen LogP contribution in [-0.4, -0.2) is 39.7 Å². The van der Waals surface area contributed by atoms with Gasteiger partial charge in [-0.3, -0.25) is 9.10 Å².